The summed E-state index contributed by atoms with van der Waals surface area (Å²) in [6.45, 7) is 3.94. The second-order valence-electron chi connectivity index (χ2n) is 3.93. The first-order chi connectivity index (χ1) is 8.08. The standard InChI is InChI=1S/C13H15BrN2O/c1-3-4-10(8-15)16-13(17)11-6-5-9(2)7-12(11)14/h5-7,10H,3-4H2,1-2H3,(H,16,17). The molecule has 0 heterocycles. The average Bonchev–Trinajstić information content (AvgIpc) is 2.28. The van der Waals surface area contributed by atoms with E-state index in [2.05, 4.69) is 27.3 Å². The Balaban J connectivity index is 2.79. The molecule has 0 aliphatic rings. The zero-order valence-corrected chi connectivity index (χ0v) is 11.5. The predicted molar refractivity (Wildman–Crippen MR) is 70.7 cm³/mol. The number of nitrogens with one attached hydrogen (secondary N) is 1. The van der Waals surface area contributed by atoms with Crippen molar-refractivity contribution in [3.8, 4) is 6.07 Å². The molecule has 1 aromatic rings. The molecule has 0 aliphatic heterocycles. The van der Waals surface area contributed by atoms with E-state index in [0.29, 0.717) is 12.0 Å². The van der Waals surface area contributed by atoms with E-state index in [4.69, 9.17) is 5.26 Å². The lowest BCUT2D eigenvalue weighted by molar-refractivity contribution is 0.0943. The molecular formula is C13H15BrN2O. The summed E-state index contributed by atoms with van der Waals surface area (Å²) in [5.74, 6) is -0.211. The maximum Gasteiger partial charge on any atom is 0.253 e. The number of nitriles is 1. The van der Waals surface area contributed by atoms with Gasteiger partial charge in [0.05, 0.1) is 11.6 Å². The Morgan fingerprint density at radius 1 is 1.59 bits per heavy atom. The van der Waals surface area contributed by atoms with Crippen molar-refractivity contribution >= 4 is 21.8 Å². The van der Waals surface area contributed by atoms with Crippen molar-refractivity contribution in [1.29, 1.82) is 5.26 Å². The number of rotatable bonds is 4. The molecule has 90 valence electrons. The number of carbonyl (C=O) groups is 1. The van der Waals surface area contributed by atoms with Gasteiger partial charge in [-0.3, -0.25) is 4.79 Å². The fraction of sp³-hybridized carbons (Fsp3) is 0.385. The van der Waals surface area contributed by atoms with Crippen molar-refractivity contribution in [1.82, 2.24) is 5.32 Å². The van der Waals surface area contributed by atoms with E-state index in [-0.39, 0.29) is 5.91 Å². The van der Waals surface area contributed by atoms with Crippen LogP contribution < -0.4 is 5.32 Å². The summed E-state index contributed by atoms with van der Waals surface area (Å²) in [6.07, 6.45) is 1.54. The van der Waals surface area contributed by atoms with Gasteiger partial charge in [-0.2, -0.15) is 5.26 Å². The summed E-state index contributed by atoms with van der Waals surface area (Å²) in [4.78, 5) is 11.9. The van der Waals surface area contributed by atoms with Crippen molar-refractivity contribution in [2.45, 2.75) is 32.7 Å². The first kappa shape index (κ1) is 13.7. The number of hydrogen-bond acceptors (Lipinski definition) is 2. The van der Waals surface area contributed by atoms with Gasteiger partial charge in [0, 0.05) is 4.47 Å². The Morgan fingerprint density at radius 3 is 2.82 bits per heavy atom. The molecule has 1 aromatic carbocycles. The monoisotopic (exact) mass is 294 g/mol. The first-order valence-electron chi connectivity index (χ1n) is 5.55. The SMILES string of the molecule is CCCC(C#N)NC(=O)c1ccc(C)cc1Br. The highest BCUT2D eigenvalue weighted by Crippen LogP contribution is 2.18. The molecular weight excluding hydrogens is 280 g/mol. The Kier molecular flexibility index (Phi) is 5.17. The van der Waals surface area contributed by atoms with E-state index >= 15 is 0 Å². The van der Waals surface area contributed by atoms with Crippen molar-refractivity contribution in [2.75, 3.05) is 0 Å². The Bertz CT molecular complexity index is 451. The minimum absolute atomic E-state index is 0.211. The molecule has 0 bridgehead atoms. The lowest BCUT2D eigenvalue weighted by Crippen LogP contribution is -2.33. The molecule has 0 saturated heterocycles. The van der Waals surface area contributed by atoms with Gasteiger partial charge in [-0.15, -0.1) is 0 Å². The fourth-order valence-electron chi connectivity index (χ4n) is 1.50. The highest BCUT2D eigenvalue weighted by Gasteiger charge is 2.14. The summed E-state index contributed by atoms with van der Waals surface area (Å²) in [7, 11) is 0. The van der Waals surface area contributed by atoms with E-state index in [0.717, 1.165) is 16.5 Å². The quantitative estimate of drug-likeness (QED) is 0.927. The van der Waals surface area contributed by atoms with E-state index in [1.165, 1.54) is 0 Å². The minimum Gasteiger partial charge on any atom is -0.336 e. The highest BCUT2D eigenvalue weighted by atomic mass is 79.9. The molecule has 1 rings (SSSR count). The van der Waals surface area contributed by atoms with Crippen molar-refractivity contribution in [3.05, 3.63) is 33.8 Å². The number of aryl methyl sites for hydroxylation is 1. The van der Waals surface area contributed by atoms with Crippen LogP contribution >= 0.6 is 15.9 Å². The third-order valence-electron chi connectivity index (χ3n) is 2.41. The third kappa shape index (κ3) is 3.86. The van der Waals surface area contributed by atoms with Crippen LogP contribution in [0.4, 0.5) is 0 Å². The van der Waals surface area contributed by atoms with E-state index in [1.54, 1.807) is 6.07 Å². The summed E-state index contributed by atoms with van der Waals surface area (Å²) in [5, 5.41) is 11.6. The number of carbonyl (C=O) groups excluding carboxylic acids is 1. The average molecular weight is 295 g/mol. The van der Waals surface area contributed by atoms with Crippen LogP contribution in [0.3, 0.4) is 0 Å². The van der Waals surface area contributed by atoms with Crippen LogP contribution in [0, 0.1) is 18.3 Å². The third-order valence-corrected chi connectivity index (χ3v) is 3.06. The van der Waals surface area contributed by atoms with Gasteiger partial charge in [-0.1, -0.05) is 19.4 Å². The number of hydrogen-bond donors (Lipinski definition) is 1. The zero-order chi connectivity index (χ0) is 12.8. The molecule has 0 aliphatic carbocycles. The van der Waals surface area contributed by atoms with Crippen LogP contribution in [0.5, 0.6) is 0 Å². The number of benzene rings is 1. The zero-order valence-electron chi connectivity index (χ0n) is 9.96. The summed E-state index contributed by atoms with van der Waals surface area (Å²) in [6, 6.07) is 7.19. The topological polar surface area (TPSA) is 52.9 Å². The summed E-state index contributed by atoms with van der Waals surface area (Å²) < 4.78 is 0.753. The van der Waals surface area contributed by atoms with Crippen molar-refractivity contribution in [3.63, 3.8) is 0 Å². The number of nitrogens with zero attached hydrogens (tertiary/aromatic N) is 1. The lowest BCUT2D eigenvalue weighted by Gasteiger charge is -2.11. The van der Waals surface area contributed by atoms with Gasteiger partial charge < -0.3 is 5.32 Å². The van der Waals surface area contributed by atoms with Gasteiger partial charge in [0.15, 0.2) is 0 Å². The van der Waals surface area contributed by atoms with Gasteiger partial charge in [-0.05, 0) is 47.0 Å². The van der Waals surface area contributed by atoms with E-state index in [9.17, 15) is 4.79 Å². The van der Waals surface area contributed by atoms with E-state index in [1.807, 2.05) is 26.0 Å². The molecule has 1 amide bonds. The lowest BCUT2D eigenvalue weighted by atomic mass is 10.1. The molecule has 0 fully saturated rings. The van der Waals surface area contributed by atoms with E-state index < -0.39 is 6.04 Å². The van der Waals surface area contributed by atoms with Crippen LogP contribution in [0.15, 0.2) is 22.7 Å². The molecule has 17 heavy (non-hydrogen) atoms. The smallest absolute Gasteiger partial charge is 0.253 e. The normalized spacial score (nSPS) is 11.6. The number of amides is 1. The second kappa shape index (κ2) is 6.41. The second-order valence-corrected chi connectivity index (χ2v) is 4.78. The van der Waals surface area contributed by atoms with Gasteiger partial charge in [0.1, 0.15) is 6.04 Å². The van der Waals surface area contributed by atoms with Crippen LogP contribution in [-0.2, 0) is 0 Å². The Labute approximate surface area is 110 Å². The van der Waals surface area contributed by atoms with Gasteiger partial charge in [-0.25, -0.2) is 0 Å². The summed E-state index contributed by atoms with van der Waals surface area (Å²) in [5.41, 5.74) is 1.64. The van der Waals surface area contributed by atoms with Crippen LogP contribution in [0.25, 0.3) is 0 Å². The van der Waals surface area contributed by atoms with Crippen LogP contribution in [0.1, 0.15) is 35.7 Å². The highest BCUT2D eigenvalue weighted by molar-refractivity contribution is 9.10. The first-order valence-corrected chi connectivity index (χ1v) is 6.34. The minimum atomic E-state index is -0.416. The fourth-order valence-corrected chi connectivity index (χ4v) is 2.17. The van der Waals surface area contributed by atoms with Gasteiger partial charge in [0.2, 0.25) is 0 Å². The number of halogens is 1. The molecule has 0 aromatic heterocycles. The molecule has 1 unspecified atom stereocenters. The predicted octanol–water partition coefficient (Wildman–Crippen LogP) is 3.18. The Morgan fingerprint density at radius 2 is 2.29 bits per heavy atom. The summed E-state index contributed by atoms with van der Waals surface area (Å²) >= 11 is 3.35. The van der Waals surface area contributed by atoms with Crippen LogP contribution in [0.2, 0.25) is 0 Å². The maximum absolute atomic E-state index is 11.9. The molecule has 1 atom stereocenters. The molecule has 1 N–H and O–H groups in total. The molecule has 0 spiro atoms. The Hall–Kier alpha value is -1.34. The van der Waals surface area contributed by atoms with Gasteiger partial charge in [0.25, 0.3) is 5.91 Å². The van der Waals surface area contributed by atoms with Crippen molar-refractivity contribution in [2.24, 2.45) is 0 Å². The molecule has 4 heteroatoms. The maximum atomic E-state index is 11.9. The molecule has 0 radical (unpaired) electrons. The molecule has 0 saturated carbocycles. The molecule has 3 nitrogen and oxygen atoms in total. The largest absolute Gasteiger partial charge is 0.336 e. The van der Waals surface area contributed by atoms with Gasteiger partial charge >= 0.3 is 0 Å². The van der Waals surface area contributed by atoms with Crippen LogP contribution in [-0.4, -0.2) is 11.9 Å². The van der Waals surface area contributed by atoms with Crippen molar-refractivity contribution < 1.29 is 4.79 Å².